The molecule has 2 saturated carbocycles. The van der Waals surface area contributed by atoms with Gasteiger partial charge >= 0.3 is 0 Å². The van der Waals surface area contributed by atoms with Crippen LogP contribution in [0.1, 0.15) is 108 Å². The highest BCUT2D eigenvalue weighted by Crippen LogP contribution is 2.35. The number of halogens is 2. The second-order valence-corrected chi connectivity index (χ2v) is 16.7. The van der Waals surface area contributed by atoms with Gasteiger partial charge in [0, 0.05) is 60.9 Å². The molecule has 2 aliphatic carbocycles. The number of nitrogens with one attached hydrogen (secondary N) is 4. The van der Waals surface area contributed by atoms with Crippen molar-refractivity contribution in [2.75, 3.05) is 35.2 Å². The lowest BCUT2D eigenvalue weighted by Gasteiger charge is -2.41. The van der Waals surface area contributed by atoms with Gasteiger partial charge in [-0.3, -0.25) is 29.4 Å². The number of piperidine rings is 3. The Morgan fingerprint density at radius 1 is 0.776 bits per heavy atom. The van der Waals surface area contributed by atoms with Crippen LogP contribution in [0.3, 0.4) is 0 Å². The Hall–Kier alpha value is -5.05. The highest BCUT2D eigenvalue weighted by atomic mass is 19.1. The average molecular weight is 798 g/mol. The maximum Gasteiger partial charge on any atom is 0.249 e. The molecule has 58 heavy (non-hydrogen) atoms. The second-order valence-electron chi connectivity index (χ2n) is 16.7. The minimum atomic E-state index is -0.550. The Morgan fingerprint density at radius 2 is 1.55 bits per heavy atom. The van der Waals surface area contributed by atoms with Crippen LogP contribution in [0, 0.1) is 17.6 Å². The number of anilines is 3. The lowest BCUT2D eigenvalue weighted by Crippen LogP contribution is -2.47. The normalized spacial score (nSPS) is 26.2. The summed E-state index contributed by atoms with van der Waals surface area (Å²) in [5.74, 6) is -0.398. The number of imide groups is 1. The standard InChI is InChI=1S/C43H53F2N9O4/c44-34-24-31(48-36-14-15-38(55)51-42(36)58)10-13-33(34)26-17-21-53(22-18-26)32-11-8-29(9-12-32)49-41(57)27-4-6-30(7-5-27)50-43-47-25-35(45)40(52-43)28-16-19-46-37(23-28)54-20-2-1-3-39(54)56/h10,13,16,19,23-27,29-30,32,36,48H,1-9,11-12,14-15,17-18,20-22H2,(H,49,57)(H,47,50,52)(H,51,55,58). The molecule has 3 saturated heterocycles. The van der Waals surface area contributed by atoms with Gasteiger partial charge < -0.3 is 20.9 Å². The van der Waals surface area contributed by atoms with Crippen molar-refractivity contribution in [3.05, 3.63) is 59.9 Å². The van der Waals surface area contributed by atoms with Gasteiger partial charge in [-0.25, -0.2) is 23.7 Å². The van der Waals surface area contributed by atoms with Crippen LogP contribution in [-0.4, -0.2) is 87.3 Å². The van der Waals surface area contributed by atoms with Crippen LogP contribution in [0.4, 0.5) is 26.2 Å². The predicted octanol–water partition coefficient (Wildman–Crippen LogP) is 5.83. The van der Waals surface area contributed by atoms with E-state index >= 15 is 4.39 Å². The van der Waals surface area contributed by atoms with Gasteiger partial charge in [-0.1, -0.05) is 6.07 Å². The zero-order valence-corrected chi connectivity index (χ0v) is 32.9. The molecule has 5 aliphatic rings. The third-order valence-corrected chi connectivity index (χ3v) is 12.9. The van der Waals surface area contributed by atoms with Crippen molar-refractivity contribution in [1.82, 2.24) is 30.5 Å². The van der Waals surface area contributed by atoms with E-state index in [1.165, 1.54) is 12.3 Å². The molecule has 3 aliphatic heterocycles. The average Bonchev–Trinajstić information content (AvgIpc) is 3.23. The predicted molar refractivity (Wildman–Crippen MR) is 215 cm³/mol. The number of pyridine rings is 1. The summed E-state index contributed by atoms with van der Waals surface area (Å²) in [6.07, 6.45) is 14.4. The van der Waals surface area contributed by atoms with Crippen molar-refractivity contribution in [2.45, 2.75) is 126 Å². The van der Waals surface area contributed by atoms with E-state index in [2.05, 4.69) is 41.1 Å². The maximum absolute atomic E-state index is 15.3. The van der Waals surface area contributed by atoms with E-state index in [1.54, 1.807) is 23.2 Å². The number of likely N-dealkylation sites (tertiary alicyclic amines) is 1. The first-order chi connectivity index (χ1) is 28.2. The molecule has 3 aromatic rings. The van der Waals surface area contributed by atoms with Crippen LogP contribution in [0.15, 0.2) is 42.7 Å². The first-order valence-corrected chi connectivity index (χ1v) is 21.2. The maximum atomic E-state index is 15.3. The highest BCUT2D eigenvalue weighted by Gasteiger charge is 2.33. The summed E-state index contributed by atoms with van der Waals surface area (Å²) in [4.78, 5) is 66.6. The van der Waals surface area contributed by atoms with E-state index in [-0.39, 0.29) is 65.5 Å². The molecule has 0 bridgehead atoms. The quantitative estimate of drug-likeness (QED) is 0.184. The number of carbonyl (C=O) groups excluding carboxylic acids is 4. The summed E-state index contributed by atoms with van der Waals surface area (Å²) in [6.45, 7) is 2.42. The van der Waals surface area contributed by atoms with Crippen LogP contribution >= 0.6 is 0 Å². The molecule has 13 nitrogen and oxygen atoms in total. The van der Waals surface area contributed by atoms with Crippen molar-refractivity contribution < 1.29 is 28.0 Å². The largest absolute Gasteiger partial charge is 0.374 e. The number of hydrogen-bond donors (Lipinski definition) is 4. The first kappa shape index (κ1) is 39.8. The molecule has 5 fully saturated rings. The molecule has 5 heterocycles. The van der Waals surface area contributed by atoms with Crippen molar-refractivity contribution >= 4 is 41.1 Å². The van der Waals surface area contributed by atoms with Crippen LogP contribution in [0.5, 0.6) is 0 Å². The van der Waals surface area contributed by atoms with E-state index < -0.39 is 11.9 Å². The molecule has 8 rings (SSSR count). The molecule has 308 valence electrons. The fraction of sp³-hybridized carbons (Fsp3) is 0.558. The number of benzene rings is 1. The third-order valence-electron chi connectivity index (χ3n) is 12.9. The Balaban J connectivity index is 0.754. The summed E-state index contributed by atoms with van der Waals surface area (Å²) >= 11 is 0. The molecule has 0 spiro atoms. The van der Waals surface area contributed by atoms with Gasteiger partial charge in [-0.2, -0.15) is 0 Å². The number of nitrogens with zero attached hydrogens (tertiary/aromatic N) is 5. The van der Waals surface area contributed by atoms with Crippen molar-refractivity contribution in [3.63, 3.8) is 0 Å². The Labute approximate surface area is 337 Å². The van der Waals surface area contributed by atoms with Gasteiger partial charge in [-0.15, -0.1) is 0 Å². The minimum absolute atomic E-state index is 0.0203. The molecule has 4 N–H and O–H groups in total. The van der Waals surface area contributed by atoms with Gasteiger partial charge in [0.1, 0.15) is 23.4 Å². The second kappa shape index (κ2) is 17.8. The number of aromatic nitrogens is 3. The summed E-state index contributed by atoms with van der Waals surface area (Å²) in [5, 5.41) is 12.1. The first-order valence-electron chi connectivity index (χ1n) is 21.2. The van der Waals surface area contributed by atoms with Gasteiger partial charge in [0.15, 0.2) is 5.82 Å². The highest BCUT2D eigenvalue weighted by molar-refractivity contribution is 6.01. The molecule has 15 heteroatoms. The van der Waals surface area contributed by atoms with Gasteiger partial charge in [0.2, 0.25) is 29.6 Å². The SMILES string of the molecule is O=C1CCC(Nc2ccc(C3CCN(C4CCC(NC(=O)C5CCC(Nc6ncc(F)c(-c7ccnc(N8CCCCC8=O)c7)n6)CC5)CC4)CC3)c(F)c2)C(=O)N1. The van der Waals surface area contributed by atoms with Crippen LogP contribution < -0.4 is 26.2 Å². The van der Waals surface area contributed by atoms with E-state index in [1.807, 2.05) is 12.1 Å². The van der Waals surface area contributed by atoms with Gasteiger partial charge in [-0.05, 0) is 132 Å². The van der Waals surface area contributed by atoms with E-state index in [4.69, 9.17) is 0 Å². The van der Waals surface area contributed by atoms with Crippen molar-refractivity contribution in [1.29, 1.82) is 0 Å². The fourth-order valence-electron chi connectivity index (χ4n) is 9.54. The molecule has 1 atom stereocenters. The Morgan fingerprint density at radius 3 is 2.29 bits per heavy atom. The van der Waals surface area contributed by atoms with Crippen molar-refractivity contribution in [2.24, 2.45) is 5.92 Å². The Kier molecular flexibility index (Phi) is 12.2. The van der Waals surface area contributed by atoms with Crippen LogP contribution in [0.2, 0.25) is 0 Å². The van der Waals surface area contributed by atoms with Gasteiger partial charge in [0.25, 0.3) is 0 Å². The molecule has 1 aromatic carbocycles. The smallest absolute Gasteiger partial charge is 0.249 e. The lowest BCUT2D eigenvalue weighted by molar-refractivity contribution is -0.133. The fourth-order valence-corrected chi connectivity index (χ4v) is 9.54. The van der Waals surface area contributed by atoms with Crippen molar-refractivity contribution in [3.8, 4) is 11.3 Å². The monoisotopic (exact) mass is 797 g/mol. The molecule has 0 radical (unpaired) electrons. The summed E-state index contributed by atoms with van der Waals surface area (Å²) in [5.41, 5.74) is 1.94. The minimum Gasteiger partial charge on any atom is -0.374 e. The van der Waals surface area contributed by atoms with Crippen LogP contribution in [0.25, 0.3) is 11.3 Å². The Bertz CT molecular complexity index is 1990. The zero-order chi connectivity index (χ0) is 40.2. The zero-order valence-electron chi connectivity index (χ0n) is 32.9. The lowest BCUT2D eigenvalue weighted by atomic mass is 9.83. The number of hydrogen-bond acceptors (Lipinski definition) is 10. The number of rotatable bonds is 10. The molecule has 1 unspecified atom stereocenters. The topological polar surface area (TPSA) is 162 Å². The number of carbonyl (C=O) groups is 4. The summed E-state index contributed by atoms with van der Waals surface area (Å²) in [7, 11) is 0. The summed E-state index contributed by atoms with van der Waals surface area (Å²) < 4.78 is 30.2. The molecule has 2 aromatic heterocycles. The summed E-state index contributed by atoms with van der Waals surface area (Å²) in [6, 6.07) is 8.67. The van der Waals surface area contributed by atoms with E-state index in [9.17, 15) is 23.6 Å². The molecular weight excluding hydrogens is 745 g/mol. The van der Waals surface area contributed by atoms with E-state index in [0.717, 1.165) is 90.1 Å². The van der Waals surface area contributed by atoms with Crippen LogP contribution in [-0.2, 0) is 19.2 Å². The van der Waals surface area contributed by atoms with Gasteiger partial charge in [0.05, 0.1) is 6.20 Å². The van der Waals surface area contributed by atoms with E-state index in [0.29, 0.717) is 54.0 Å². The molecular formula is C43H53F2N9O4. The molecule has 4 amide bonds. The third kappa shape index (κ3) is 9.29. The number of amides is 4.